The second kappa shape index (κ2) is 6.08. The van der Waals surface area contributed by atoms with Gasteiger partial charge in [-0.2, -0.15) is 0 Å². The van der Waals surface area contributed by atoms with Crippen LogP contribution < -0.4 is 0 Å². The molecule has 0 heterocycles. The summed E-state index contributed by atoms with van der Waals surface area (Å²) in [6, 6.07) is 11.7. The molecule has 0 aliphatic heterocycles. The first-order valence-electron chi connectivity index (χ1n) is 8.41. The lowest BCUT2D eigenvalue weighted by Gasteiger charge is -2.28. The molecule has 128 valence electrons. The SMILES string of the molecule is CC(=O)c1ccc(-c2c(C(C)(C)C)ccc(C(C)(C)C)c2O)cc1. The van der Waals surface area contributed by atoms with Gasteiger partial charge in [0.15, 0.2) is 5.78 Å². The maximum atomic E-state index is 11.5. The third-order valence-corrected chi connectivity index (χ3v) is 4.37. The summed E-state index contributed by atoms with van der Waals surface area (Å²) in [4.78, 5) is 11.5. The molecule has 0 bridgehead atoms. The zero-order chi connectivity index (χ0) is 18.3. The van der Waals surface area contributed by atoms with Crippen LogP contribution in [0.4, 0.5) is 0 Å². The second-order valence-corrected chi connectivity index (χ2v) is 8.52. The topological polar surface area (TPSA) is 37.3 Å². The van der Waals surface area contributed by atoms with E-state index in [2.05, 4.69) is 47.6 Å². The number of carbonyl (C=O) groups is 1. The highest BCUT2D eigenvalue weighted by molar-refractivity contribution is 5.94. The Morgan fingerprint density at radius 2 is 1.25 bits per heavy atom. The Kier molecular flexibility index (Phi) is 4.63. The quantitative estimate of drug-likeness (QED) is 0.703. The summed E-state index contributed by atoms with van der Waals surface area (Å²) in [5, 5.41) is 11.0. The van der Waals surface area contributed by atoms with Gasteiger partial charge in [0.05, 0.1) is 0 Å². The zero-order valence-electron chi connectivity index (χ0n) is 15.8. The Bertz CT molecular complexity index is 754. The molecule has 0 radical (unpaired) electrons. The van der Waals surface area contributed by atoms with E-state index in [1.807, 2.05) is 30.3 Å². The van der Waals surface area contributed by atoms with E-state index in [-0.39, 0.29) is 16.6 Å². The molecule has 2 rings (SSSR count). The van der Waals surface area contributed by atoms with Crippen molar-refractivity contribution in [2.45, 2.75) is 59.3 Å². The predicted octanol–water partition coefficient (Wildman–Crippen LogP) is 5.86. The largest absolute Gasteiger partial charge is 0.507 e. The van der Waals surface area contributed by atoms with Crippen molar-refractivity contribution in [3.8, 4) is 16.9 Å². The Hall–Kier alpha value is -2.09. The standard InChI is InChI=1S/C22H28O2/c1-14(23)15-8-10-16(11-9-15)19-17(21(2,3)4)12-13-18(20(19)24)22(5,6)7/h8-13,24H,1-7H3. The van der Waals surface area contributed by atoms with E-state index in [4.69, 9.17) is 0 Å². The summed E-state index contributed by atoms with van der Waals surface area (Å²) in [5.41, 5.74) is 4.28. The van der Waals surface area contributed by atoms with Gasteiger partial charge in [0.2, 0.25) is 0 Å². The van der Waals surface area contributed by atoms with Crippen molar-refractivity contribution in [2.75, 3.05) is 0 Å². The molecule has 2 heteroatoms. The van der Waals surface area contributed by atoms with Gasteiger partial charge in [-0.05, 0) is 34.4 Å². The number of hydrogen-bond acceptors (Lipinski definition) is 2. The van der Waals surface area contributed by atoms with Crippen molar-refractivity contribution in [3.05, 3.63) is 53.1 Å². The molecule has 0 spiro atoms. The fraction of sp³-hybridized carbons (Fsp3) is 0.409. The highest BCUT2D eigenvalue weighted by Crippen LogP contribution is 2.44. The molecular weight excluding hydrogens is 296 g/mol. The summed E-state index contributed by atoms with van der Waals surface area (Å²) in [5.74, 6) is 0.385. The maximum Gasteiger partial charge on any atom is 0.159 e. The van der Waals surface area contributed by atoms with Crippen molar-refractivity contribution in [2.24, 2.45) is 0 Å². The monoisotopic (exact) mass is 324 g/mol. The molecule has 24 heavy (non-hydrogen) atoms. The van der Waals surface area contributed by atoms with Crippen molar-refractivity contribution in [1.82, 2.24) is 0 Å². The molecule has 0 aromatic heterocycles. The Morgan fingerprint density at radius 3 is 1.67 bits per heavy atom. The minimum absolute atomic E-state index is 0.0465. The smallest absolute Gasteiger partial charge is 0.159 e. The van der Waals surface area contributed by atoms with E-state index in [0.717, 1.165) is 22.3 Å². The highest BCUT2D eigenvalue weighted by atomic mass is 16.3. The van der Waals surface area contributed by atoms with Crippen molar-refractivity contribution >= 4 is 5.78 Å². The number of carbonyl (C=O) groups excluding carboxylic acids is 1. The number of phenolic OH excluding ortho intramolecular Hbond substituents is 1. The van der Waals surface area contributed by atoms with Crippen LogP contribution in [0.25, 0.3) is 11.1 Å². The summed E-state index contributed by atoms with van der Waals surface area (Å²) in [6.45, 7) is 14.3. The van der Waals surface area contributed by atoms with Crippen molar-refractivity contribution in [3.63, 3.8) is 0 Å². The average molecular weight is 324 g/mol. The zero-order valence-corrected chi connectivity index (χ0v) is 15.8. The number of rotatable bonds is 2. The van der Waals surface area contributed by atoms with Crippen LogP contribution in [-0.2, 0) is 10.8 Å². The molecule has 0 amide bonds. The van der Waals surface area contributed by atoms with E-state index in [9.17, 15) is 9.90 Å². The number of benzene rings is 2. The number of hydrogen-bond donors (Lipinski definition) is 1. The van der Waals surface area contributed by atoms with E-state index < -0.39 is 0 Å². The van der Waals surface area contributed by atoms with Crippen LogP contribution in [0.15, 0.2) is 36.4 Å². The highest BCUT2D eigenvalue weighted by Gasteiger charge is 2.27. The molecular formula is C22H28O2. The first-order valence-corrected chi connectivity index (χ1v) is 8.41. The van der Waals surface area contributed by atoms with Crippen LogP contribution in [0.1, 0.15) is 70.0 Å². The number of phenols is 1. The molecule has 1 N–H and O–H groups in total. The maximum absolute atomic E-state index is 11.5. The van der Waals surface area contributed by atoms with Crippen LogP contribution in [0.3, 0.4) is 0 Å². The van der Waals surface area contributed by atoms with Crippen LogP contribution in [0, 0.1) is 0 Å². The molecule has 0 aliphatic rings. The Labute approximate surface area is 145 Å². The van der Waals surface area contributed by atoms with Crippen molar-refractivity contribution < 1.29 is 9.90 Å². The number of ketones is 1. The fourth-order valence-electron chi connectivity index (χ4n) is 2.99. The molecule has 0 saturated carbocycles. The van der Waals surface area contributed by atoms with Crippen LogP contribution in [0.5, 0.6) is 5.75 Å². The van der Waals surface area contributed by atoms with E-state index in [1.54, 1.807) is 6.92 Å². The molecule has 0 unspecified atom stereocenters. The lowest BCUT2D eigenvalue weighted by molar-refractivity contribution is 0.101. The third-order valence-electron chi connectivity index (χ3n) is 4.37. The summed E-state index contributed by atoms with van der Waals surface area (Å²) < 4.78 is 0. The first kappa shape index (κ1) is 18.3. The summed E-state index contributed by atoms with van der Waals surface area (Å²) in [6.07, 6.45) is 0. The molecule has 0 fully saturated rings. The van der Waals surface area contributed by atoms with Crippen molar-refractivity contribution in [1.29, 1.82) is 0 Å². The number of Topliss-reactive ketones (excluding diaryl/α,β-unsaturated/α-hetero) is 1. The van der Waals surface area contributed by atoms with Crippen LogP contribution >= 0.6 is 0 Å². The normalized spacial score (nSPS) is 12.3. The van der Waals surface area contributed by atoms with Gasteiger partial charge in [-0.15, -0.1) is 0 Å². The fourth-order valence-corrected chi connectivity index (χ4v) is 2.99. The number of aromatic hydroxyl groups is 1. The van der Waals surface area contributed by atoms with Gasteiger partial charge >= 0.3 is 0 Å². The summed E-state index contributed by atoms with van der Waals surface area (Å²) >= 11 is 0. The minimum atomic E-state index is -0.144. The van der Waals surface area contributed by atoms with E-state index >= 15 is 0 Å². The summed E-state index contributed by atoms with van der Waals surface area (Å²) in [7, 11) is 0. The van der Waals surface area contributed by atoms with Gasteiger partial charge < -0.3 is 5.11 Å². The lowest BCUT2D eigenvalue weighted by atomic mass is 9.77. The van der Waals surface area contributed by atoms with Crippen LogP contribution in [0.2, 0.25) is 0 Å². The van der Waals surface area contributed by atoms with E-state index in [1.165, 1.54) is 0 Å². The Balaban J connectivity index is 2.75. The third kappa shape index (κ3) is 3.53. The van der Waals surface area contributed by atoms with E-state index in [0.29, 0.717) is 11.3 Å². The molecule has 0 saturated heterocycles. The first-order chi connectivity index (χ1) is 10.9. The minimum Gasteiger partial charge on any atom is -0.507 e. The average Bonchev–Trinajstić information content (AvgIpc) is 2.44. The van der Waals surface area contributed by atoms with Crippen LogP contribution in [-0.4, -0.2) is 10.9 Å². The van der Waals surface area contributed by atoms with Gasteiger partial charge in [-0.1, -0.05) is 77.9 Å². The molecule has 0 aliphatic carbocycles. The Morgan fingerprint density at radius 1 is 0.792 bits per heavy atom. The van der Waals surface area contributed by atoms with Gasteiger partial charge in [0.25, 0.3) is 0 Å². The molecule has 2 aromatic carbocycles. The van der Waals surface area contributed by atoms with Gasteiger partial charge in [-0.3, -0.25) is 4.79 Å². The van der Waals surface area contributed by atoms with Gasteiger partial charge in [0, 0.05) is 11.1 Å². The van der Waals surface area contributed by atoms with Gasteiger partial charge in [0.1, 0.15) is 5.75 Å². The predicted molar refractivity (Wildman–Crippen MR) is 101 cm³/mol. The molecule has 2 nitrogen and oxygen atoms in total. The lowest BCUT2D eigenvalue weighted by Crippen LogP contribution is -2.16. The van der Waals surface area contributed by atoms with Gasteiger partial charge in [-0.25, -0.2) is 0 Å². The molecule has 2 aromatic rings. The second-order valence-electron chi connectivity index (χ2n) is 8.52. The molecule has 0 atom stereocenters.